The van der Waals surface area contributed by atoms with Crippen molar-refractivity contribution in [3.8, 4) is 0 Å². The van der Waals surface area contributed by atoms with Crippen LogP contribution in [0.15, 0.2) is 122 Å². The number of nitrogens with one attached hydrogen (secondary N) is 2. The Morgan fingerprint density at radius 1 is 0.625 bits per heavy atom. The number of carbonyl (C=O) groups excluding carboxylic acids is 4. The first-order valence-electron chi connectivity index (χ1n) is 15.8. The maximum atomic E-state index is 13.8. The summed E-state index contributed by atoms with van der Waals surface area (Å²) in [7, 11) is 0. The van der Waals surface area contributed by atoms with Gasteiger partial charge in [0.1, 0.15) is 25.3 Å². The monoisotopic (exact) mass is 647 g/mol. The van der Waals surface area contributed by atoms with Crippen molar-refractivity contribution in [2.24, 2.45) is 5.73 Å². The van der Waals surface area contributed by atoms with Gasteiger partial charge in [-0.25, -0.2) is 4.79 Å². The second-order valence-electron chi connectivity index (χ2n) is 11.3. The first kappa shape index (κ1) is 35.3. The molecule has 48 heavy (non-hydrogen) atoms. The summed E-state index contributed by atoms with van der Waals surface area (Å²) in [5.41, 5.74) is 10.3. The highest BCUT2D eigenvalue weighted by molar-refractivity contribution is 5.92. The van der Waals surface area contributed by atoms with Gasteiger partial charge in [0.25, 0.3) is 0 Å². The van der Waals surface area contributed by atoms with Crippen molar-refractivity contribution in [2.45, 2.75) is 57.0 Å². The molecule has 0 aliphatic carbocycles. The van der Waals surface area contributed by atoms with Crippen molar-refractivity contribution < 1.29 is 28.7 Å². The fourth-order valence-electron chi connectivity index (χ4n) is 4.87. The predicted molar refractivity (Wildman–Crippen MR) is 184 cm³/mol. The summed E-state index contributed by atoms with van der Waals surface area (Å²) in [5.74, 6) is -2.28. The van der Waals surface area contributed by atoms with E-state index in [0.717, 1.165) is 27.8 Å². The molecular weight excluding hydrogens is 606 g/mol. The molecule has 0 spiro atoms. The molecule has 0 aliphatic heterocycles. The van der Waals surface area contributed by atoms with Gasteiger partial charge in [-0.15, -0.1) is 0 Å². The van der Waals surface area contributed by atoms with E-state index >= 15 is 0 Å². The zero-order valence-corrected chi connectivity index (χ0v) is 26.8. The first-order valence-corrected chi connectivity index (χ1v) is 15.8. The molecule has 0 aromatic heterocycles. The number of rotatable bonds is 17. The van der Waals surface area contributed by atoms with Crippen LogP contribution in [0.1, 0.15) is 40.7 Å². The van der Waals surface area contributed by atoms with Crippen molar-refractivity contribution in [3.63, 3.8) is 0 Å². The van der Waals surface area contributed by atoms with Crippen molar-refractivity contribution in [3.05, 3.63) is 150 Å². The van der Waals surface area contributed by atoms with Crippen molar-refractivity contribution >= 4 is 29.8 Å². The van der Waals surface area contributed by atoms with Gasteiger partial charge in [-0.3, -0.25) is 14.4 Å². The molecule has 4 aromatic rings. The molecule has 9 nitrogen and oxygen atoms in total. The van der Waals surface area contributed by atoms with E-state index < -0.39 is 41.9 Å². The quantitative estimate of drug-likeness (QED) is 0.142. The van der Waals surface area contributed by atoms with Crippen molar-refractivity contribution in [2.75, 3.05) is 0 Å². The van der Waals surface area contributed by atoms with Crippen molar-refractivity contribution in [1.29, 1.82) is 0 Å². The first-order chi connectivity index (χ1) is 23.3. The molecule has 2 amide bonds. The van der Waals surface area contributed by atoms with Gasteiger partial charge in [-0.2, -0.15) is 0 Å². The second kappa shape index (κ2) is 18.6. The number of nitrogens with two attached hydrogens (primary N) is 1. The van der Waals surface area contributed by atoms with Crippen LogP contribution in [0.25, 0.3) is 6.08 Å². The summed E-state index contributed by atoms with van der Waals surface area (Å²) in [4.78, 5) is 52.7. The maximum absolute atomic E-state index is 13.8. The Kier molecular flexibility index (Phi) is 13.7. The van der Waals surface area contributed by atoms with Gasteiger partial charge in [0.05, 0.1) is 6.04 Å². The van der Waals surface area contributed by atoms with Crippen LogP contribution in [0.5, 0.6) is 0 Å². The molecule has 0 saturated carbocycles. The summed E-state index contributed by atoms with van der Waals surface area (Å²) in [6.07, 6.45) is 2.00. The smallest absolute Gasteiger partial charge is 0.329 e. The lowest BCUT2D eigenvalue weighted by atomic mass is 10.0. The van der Waals surface area contributed by atoms with Crippen LogP contribution in [0.3, 0.4) is 0 Å². The number of hydrogen-bond acceptors (Lipinski definition) is 7. The average Bonchev–Trinajstić information content (AvgIpc) is 3.12. The van der Waals surface area contributed by atoms with Crippen LogP contribution in [0.4, 0.5) is 0 Å². The largest absolute Gasteiger partial charge is 0.461 e. The number of amides is 2. The Morgan fingerprint density at radius 2 is 1.10 bits per heavy atom. The van der Waals surface area contributed by atoms with Crippen LogP contribution in [0, 0.1) is 0 Å². The minimum absolute atomic E-state index is 0.0181. The molecule has 0 heterocycles. The Labute approximate surface area is 281 Å². The number of carbonyl (C=O) groups is 4. The predicted octanol–water partition coefficient (Wildman–Crippen LogP) is 4.68. The maximum Gasteiger partial charge on any atom is 0.329 e. The van der Waals surface area contributed by atoms with E-state index in [1.54, 1.807) is 6.08 Å². The summed E-state index contributed by atoms with van der Waals surface area (Å²) in [6.45, 7) is 3.89. The van der Waals surface area contributed by atoms with E-state index in [1.165, 1.54) is 0 Å². The Bertz CT molecular complexity index is 1630. The van der Waals surface area contributed by atoms with Gasteiger partial charge in [-0.05, 0) is 34.2 Å². The SMILES string of the molecule is C=Cc1ccc(COC(=O)C(Cc2ccccc2)NC(=O)C(Cc2ccccc2)NC(=O)C(N)CCC(=O)OCc2ccccc2)cc1. The van der Waals surface area contributed by atoms with E-state index in [2.05, 4.69) is 17.2 Å². The van der Waals surface area contributed by atoms with Crippen LogP contribution in [-0.4, -0.2) is 41.9 Å². The molecule has 4 N–H and O–H groups in total. The number of ether oxygens (including phenoxy) is 2. The zero-order valence-electron chi connectivity index (χ0n) is 26.8. The number of benzene rings is 4. The number of esters is 2. The normalized spacial score (nSPS) is 12.5. The molecule has 4 rings (SSSR count). The van der Waals surface area contributed by atoms with Gasteiger partial charge in [-0.1, -0.05) is 128 Å². The van der Waals surface area contributed by atoms with E-state index in [9.17, 15) is 19.2 Å². The fraction of sp³-hybridized carbons (Fsp3) is 0.231. The van der Waals surface area contributed by atoms with E-state index in [4.69, 9.17) is 15.2 Å². The second-order valence-corrected chi connectivity index (χ2v) is 11.3. The highest BCUT2D eigenvalue weighted by Crippen LogP contribution is 2.12. The lowest BCUT2D eigenvalue weighted by Gasteiger charge is -2.24. The Balaban J connectivity index is 1.41. The Hall–Kier alpha value is -5.54. The van der Waals surface area contributed by atoms with Crippen LogP contribution >= 0.6 is 0 Å². The summed E-state index contributed by atoms with van der Waals surface area (Å²) < 4.78 is 10.9. The topological polar surface area (TPSA) is 137 Å². The lowest BCUT2D eigenvalue weighted by Crippen LogP contribution is -2.55. The molecule has 9 heteroatoms. The van der Waals surface area contributed by atoms with Gasteiger partial charge in [0.15, 0.2) is 0 Å². The van der Waals surface area contributed by atoms with E-state index in [0.29, 0.717) is 0 Å². The summed E-state index contributed by atoms with van der Waals surface area (Å²) >= 11 is 0. The molecule has 0 fully saturated rings. The molecule has 4 aromatic carbocycles. The zero-order chi connectivity index (χ0) is 34.1. The molecule has 0 saturated heterocycles. The molecule has 0 bridgehead atoms. The fourth-order valence-corrected chi connectivity index (χ4v) is 4.87. The Morgan fingerprint density at radius 3 is 1.67 bits per heavy atom. The van der Waals surface area contributed by atoms with Crippen molar-refractivity contribution in [1.82, 2.24) is 10.6 Å². The third kappa shape index (κ3) is 11.7. The third-order valence-electron chi connectivity index (χ3n) is 7.63. The highest BCUT2D eigenvalue weighted by atomic mass is 16.5. The summed E-state index contributed by atoms with van der Waals surface area (Å²) in [5, 5.41) is 5.55. The van der Waals surface area contributed by atoms with Gasteiger partial charge in [0, 0.05) is 19.3 Å². The molecule has 3 unspecified atom stereocenters. The molecule has 248 valence electrons. The van der Waals surface area contributed by atoms with Gasteiger partial charge < -0.3 is 25.8 Å². The molecule has 3 atom stereocenters. The van der Waals surface area contributed by atoms with E-state index in [-0.39, 0.29) is 38.9 Å². The third-order valence-corrected chi connectivity index (χ3v) is 7.63. The van der Waals surface area contributed by atoms with Crippen LogP contribution in [0.2, 0.25) is 0 Å². The molecule has 0 aliphatic rings. The average molecular weight is 648 g/mol. The summed E-state index contributed by atoms with van der Waals surface area (Å²) in [6, 6.07) is 31.9. The minimum Gasteiger partial charge on any atom is -0.461 e. The molecule has 0 radical (unpaired) electrons. The van der Waals surface area contributed by atoms with Crippen LogP contribution < -0.4 is 16.4 Å². The van der Waals surface area contributed by atoms with Gasteiger partial charge in [0.2, 0.25) is 11.8 Å². The molecular formula is C39H41N3O6. The number of hydrogen-bond donors (Lipinski definition) is 3. The van der Waals surface area contributed by atoms with Gasteiger partial charge >= 0.3 is 11.9 Å². The standard InChI is InChI=1S/C39H41N3O6/c1-2-28-18-20-32(21-19-28)27-48-39(46)35(25-30-14-8-4-9-15-30)42-38(45)34(24-29-12-6-3-7-13-29)41-37(44)33(40)22-23-36(43)47-26-31-16-10-5-11-17-31/h2-21,33-35H,1,22-27,40H2,(H,41,44)(H,42,45). The lowest BCUT2D eigenvalue weighted by molar-refractivity contribution is -0.149. The van der Waals surface area contributed by atoms with E-state index in [1.807, 2.05) is 115 Å². The minimum atomic E-state index is -1.07. The van der Waals surface area contributed by atoms with Crippen LogP contribution in [-0.2, 0) is 54.7 Å². The highest BCUT2D eigenvalue weighted by Gasteiger charge is 2.29.